The van der Waals surface area contributed by atoms with Crippen molar-refractivity contribution in [1.82, 2.24) is 4.90 Å². The van der Waals surface area contributed by atoms with Gasteiger partial charge in [0.1, 0.15) is 5.75 Å². The van der Waals surface area contributed by atoms with Crippen LogP contribution in [0.1, 0.15) is 13.3 Å². The number of allylic oxidation sites excluding steroid dienone is 2. The summed E-state index contributed by atoms with van der Waals surface area (Å²) in [6.45, 7) is 2.82. The van der Waals surface area contributed by atoms with Crippen molar-refractivity contribution in [2.24, 2.45) is 35.5 Å². The van der Waals surface area contributed by atoms with Crippen molar-refractivity contribution in [3.8, 4) is 5.75 Å². The van der Waals surface area contributed by atoms with Gasteiger partial charge in [-0.1, -0.05) is 12.2 Å². The molecule has 2 bridgehead atoms. The lowest BCUT2D eigenvalue weighted by Crippen LogP contribution is -2.40. The number of carbonyl (C=O) groups is 2. The number of anilines is 1. The molecule has 1 saturated heterocycles. The molecule has 1 aromatic rings. The van der Waals surface area contributed by atoms with Gasteiger partial charge >= 0.3 is 0 Å². The Bertz CT molecular complexity index is 721. The summed E-state index contributed by atoms with van der Waals surface area (Å²) >= 11 is 0. The number of amides is 2. The number of nitrogens with one attached hydrogen (secondary N) is 1. The van der Waals surface area contributed by atoms with Crippen LogP contribution in [0.2, 0.25) is 0 Å². The van der Waals surface area contributed by atoms with Gasteiger partial charge in [0, 0.05) is 5.69 Å². The molecule has 0 radical (unpaired) electrons. The Balaban J connectivity index is 1.29. The van der Waals surface area contributed by atoms with Crippen LogP contribution in [0.15, 0.2) is 36.4 Å². The van der Waals surface area contributed by atoms with E-state index in [9.17, 15) is 9.59 Å². The van der Waals surface area contributed by atoms with E-state index in [1.54, 1.807) is 0 Å². The van der Waals surface area contributed by atoms with Gasteiger partial charge in [0.15, 0.2) is 0 Å². The molecular formula is C20H22N2O3. The molecule has 4 aliphatic carbocycles. The Hall–Kier alpha value is -2.30. The van der Waals surface area contributed by atoms with E-state index in [-0.39, 0.29) is 42.2 Å². The predicted octanol–water partition coefficient (Wildman–Crippen LogP) is 2.51. The SMILES string of the molecule is CCOc1ccc(NCN2C(=O)[C@H]3[C@@H]4C=C[C@@H]([C@H]5C[C@H]45)[C@@H]3C2=O)cc1. The fourth-order valence-electron chi connectivity index (χ4n) is 5.18. The molecule has 2 saturated carbocycles. The highest BCUT2D eigenvalue weighted by molar-refractivity contribution is 6.06. The minimum atomic E-state index is -0.117. The highest BCUT2D eigenvalue weighted by atomic mass is 16.5. The molecule has 0 unspecified atom stereocenters. The maximum Gasteiger partial charge on any atom is 0.235 e. The standard InChI is InChI=1S/C20H22N2O3/c1-2-25-12-5-3-11(4-6-12)21-10-22-19(23)17-13-7-8-14(16-9-15(13)16)18(17)20(22)24/h3-8,13-18,21H,2,9-10H2,1H3/t13-,14+,15-,16-,17+,18+/m1/s1. The zero-order chi connectivity index (χ0) is 17.1. The van der Waals surface area contributed by atoms with Crippen molar-refractivity contribution >= 4 is 17.5 Å². The Morgan fingerprint density at radius 2 is 1.64 bits per heavy atom. The van der Waals surface area contributed by atoms with Crippen molar-refractivity contribution < 1.29 is 14.3 Å². The number of nitrogens with zero attached hydrogens (tertiary/aromatic N) is 1. The molecule has 2 amide bonds. The molecular weight excluding hydrogens is 316 g/mol. The van der Waals surface area contributed by atoms with Gasteiger partial charge in [0.2, 0.25) is 11.8 Å². The van der Waals surface area contributed by atoms with E-state index in [4.69, 9.17) is 4.74 Å². The molecule has 1 aliphatic heterocycles. The number of rotatable bonds is 5. The molecule has 25 heavy (non-hydrogen) atoms. The molecule has 3 fully saturated rings. The maximum atomic E-state index is 12.9. The summed E-state index contributed by atoms with van der Waals surface area (Å²) < 4.78 is 5.43. The summed E-state index contributed by atoms with van der Waals surface area (Å²) in [4.78, 5) is 27.2. The van der Waals surface area contributed by atoms with E-state index in [0.29, 0.717) is 18.4 Å². The molecule has 5 nitrogen and oxygen atoms in total. The van der Waals surface area contributed by atoms with Crippen LogP contribution in [0.25, 0.3) is 0 Å². The monoisotopic (exact) mass is 338 g/mol. The number of benzene rings is 1. The quantitative estimate of drug-likeness (QED) is 0.662. The Morgan fingerprint density at radius 1 is 1.04 bits per heavy atom. The van der Waals surface area contributed by atoms with Crippen molar-refractivity contribution in [2.75, 3.05) is 18.6 Å². The lowest BCUT2D eigenvalue weighted by molar-refractivity contribution is -0.139. The maximum absolute atomic E-state index is 12.9. The van der Waals surface area contributed by atoms with Gasteiger partial charge in [-0.3, -0.25) is 14.5 Å². The summed E-state index contributed by atoms with van der Waals surface area (Å²) in [6.07, 6.45) is 5.60. The second-order valence-corrected chi connectivity index (χ2v) is 7.55. The molecule has 0 spiro atoms. The van der Waals surface area contributed by atoms with E-state index in [1.165, 1.54) is 11.3 Å². The third-order valence-electron chi connectivity index (χ3n) is 6.36. The Kier molecular flexibility index (Phi) is 3.21. The summed E-state index contributed by atoms with van der Waals surface area (Å²) in [6, 6.07) is 7.58. The Labute approximate surface area is 147 Å². The van der Waals surface area contributed by atoms with Crippen LogP contribution < -0.4 is 10.1 Å². The number of imide groups is 1. The molecule has 0 aromatic heterocycles. The van der Waals surface area contributed by atoms with Crippen LogP contribution in [0.5, 0.6) is 5.75 Å². The topological polar surface area (TPSA) is 58.6 Å². The van der Waals surface area contributed by atoms with Crippen molar-refractivity contribution in [1.29, 1.82) is 0 Å². The summed E-state index contributed by atoms with van der Waals surface area (Å²) in [7, 11) is 0. The molecule has 1 heterocycles. The van der Waals surface area contributed by atoms with Gasteiger partial charge in [0.05, 0.1) is 25.1 Å². The molecule has 5 aliphatic rings. The second-order valence-electron chi connectivity index (χ2n) is 7.55. The zero-order valence-electron chi connectivity index (χ0n) is 14.2. The number of hydrogen-bond acceptors (Lipinski definition) is 4. The van der Waals surface area contributed by atoms with Gasteiger partial charge in [-0.15, -0.1) is 0 Å². The first-order chi connectivity index (χ1) is 12.2. The number of hydrogen-bond donors (Lipinski definition) is 1. The van der Waals surface area contributed by atoms with Crippen molar-refractivity contribution in [3.63, 3.8) is 0 Å². The fraction of sp³-hybridized carbons (Fsp3) is 0.500. The third-order valence-corrected chi connectivity index (χ3v) is 6.36. The predicted molar refractivity (Wildman–Crippen MR) is 92.7 cm³/mol. The van der Waals surface area contributed by atoms with E-state index >= 15 is 0 Å². The van der Waals surface area contributed by atoms with Crippen LogP contribution in [0.3, 0.4) is 0 Å². The smallest absolute Gasteiger partial charge is 0.235 e. The average molecular weight is 338 g/mol. The lowest BCUT2D eigenvalue weighted by Gasteiger charge is -2.37. The minimum absolute atomic E-state index is 0.0122. The van der Waals surface area contributed by atoms with Gasteiger partial charge in [0.25, 0.3) is 0 Å². The fourth-order valence-corrected chi connectivity index (χ4v) is 5.18. The van der Waals surface area contributed by atoms with Crippen molar-refractivity contribution in [3.05, 3.63) is 36.4 Å². The first-order valence-corrected chi connectivity index (χ1v) is 9.19. The van der Waals surface area contributed by atoms with E-state index < -0.39 is 0 Å². The molecule has 1 N–H and O–H groups in total. The molecule has 1 aromatic carbocycles. The van der Waals surface area contributed by atoms with E-state index in [1.807, 2.05) is 31.2 Å². The molecule has 5 heteroatoms. The van der Waals surface area contributed by atoms with Crippen LogP contribution in [-0.2, 0) is 9.59 Å². The Morgan fingerprint density at radius 3 is 2.20 bits per heavy atom. The van der Waals surface area contributed by atoms with Gasteiger partial charge in [-0.25, -0.2) is 0 Å². The van der Waals surface area contributed by atoms with E-state index in [0.717, 1.165) is 11.4 Å². The summed E-state index contributed by atoms with van der Waals surface area (Å²) in [5.74, 6) is 2.46. The zero-order valence-corrected chi connectivity index (χ0v) is 14.2. The first-order valence-electron chi connectivity index (χ1n) is 9.19. The van der Waals surface area contributed by atoms with E-state index in [2.05, 4.69) is 17.5 Å². The number of carbonyl (C=O) groups excluding carboxylic acids is 2. The normalized spacial score (nSPS) is 37.1. The molecule has 6 atom stereocenters. The average Bonchev–Trinajstić information content (AvgIpc) is 3.41. The molecule has 6 rings (SSSR count). The highest BCUT2D eigenvalue weighted by Gasteiger charge is 2.66. The summed E-state index contributed by atoms with van der Waals surface area (Å²) in [5, 5.41) is 3.21. The third kappa shape index (κ3) is 2.14. The summed E-state index contributed by atoms with van der Waals surface area (Å²) in [5.41, 5.74) is 0.878. The van der Waals surface area contributed by atoms with Gasteiger partial charge in [-0.05, 0) is 61.3 Å². The molecule has 130 valence electrons. The minimum Gasteiger partial charge on any atom is -0.494 e. The largest absolute Gasteiger partial charge is 0.494 e. The first kappa shape index (κ1) is 15.0. The second kappa shape index (κ2) is 5.35. The number of ether oxygens (including phenoxy) is 1. The lowest BCUT2D eigenvalue weighted by atomic mass is 9.63. The van der Waals surface area contributed by atoms with Gasteiger partial charge in [-0.2, -0.15) is 0 Å². The van der Waals surface area contributed by atoms with Crippen LogP contribution in [0, 0.1) is 35.5 Å². The van der Waals surface area contributed by atoms with Crippen LogP contribution >= 0.6 is 0 Å². The van der Waals surface area contributed by atoms with Crippen LogP contribution in [0.4, 0.5) is 5.69 Å². The van der Waals surface area contributed by atoms with Crippen molar-refractivity contribution in [2.45, 2.75) is 13.3 Å². The van der Waals surface area contributed by atoms with Gasteiger partial charge < -0.3 is 10.1 Å². The number of likely N-dealkylation sites (tertiary alicyclic amines) is 1. The van der Waals surface area contributed by atoms with Crippen LogP contribution in [-0.4, -0.2) is 30.0 Å². The highest BCUT2D eigenvalue weighted by Crippen LogP contribution is 2.65.